The zero-order valence-electron chi connectivity index (χ0n) is 8.08. The summed E-state index contributed by atoms with van der Waals surface area (Å²) < 4.78 is 37.4. The fourth-order valence-electron chi connectivity index (χ4n) is 1.27. The molecule has 1 heterocycles. The molecule has 0 saturated heterocycles. The number of benzene rings is 1. The molecule has 0 aliphatic carbocycles. The molecule has 0 spiro atoms. The van der Waals surface area contributed by atoms with Crippen LogP contribution in [0.25, 0.3) is 10.6 Å². The van der Waals surface area contributed by atoms with Crippen LogP contribution in [0.4, 0.5) is 13.2 Å². The van der Waals surface area contributed by atoms with Crippen LogP contribution >= 0.6 is 11.3 Å². The predicted molar refractivity (Wildman–Crippen MR) is 57.0 cm³/mol. The molecule has 83 valence electrons. The topological polar surface area (TPSA) is 12.9 Å². The quantitative estimate of drug-likeness (QED) is 0.736. The van der Waals surface area contributed by atoms with Crippen molar-refractivity contribution in [2.24, 2.45) is 0 Å². The highest BCUT2D eigenvalue weighted by Gasteiger charge is 2.30. The first-order chi connectivity index (χ1) is 7.47. The SMILES string of the molecule is [CH2]c1csc(-c2cccc(C(F)(F)F)c2)n1. The summed E-state index contributed by atoms with van der Waals surface area (Å²) in [7, 11) is 0. The first kappa shape index (κ1) is 11.1. The molecule has 0 N–H and O–H groups in total. The summed E-state index contributed by atoms with van der Waals surface area (Å²) in [6, 6.07) is 5.12. The Balaban J connectivity index is 2.44. The van der Waals surface area contributed by atoms with Gasteiger partial charge in [0.25, 0.3) is 0 Å². The van der Waals surface area contributed by atoms with Crippen molar-refractivity contribution >= 4 is 11.3 Å². The van der Waals surface area contributed by atoms with E-state index in [-0.39, 0.29) is 0 Å². The second-order valence-corrected chi connectivity index (χ2v) is 4.08. The Labute approximate surface area is 94.6 Å². The summed E-state index contributed by atoms with van der Waals surface area (Å²) >= 11 is 1.28. The summed E-state index contributed by atoms with van der Waals surface area (Å²) in [6.45, 7) is 3.61. The molecule has 16 heavy (non-hydrogen) atoms. The second-order valence-electron chi connectivity index (χ2n) is 3.22. The lowest BCUT2D eigenvalue weighted by atomic mass is 10.1. The average Bonchev–Trinajstić information content (AvgIpc) is 2.64. The third-order valence-corrected chi connectivity index (χ3v) is 2.93. The van der Waals surface area contributed by atoms with Gasteiger partial charge in [-0.3, -0.25) is 0 Å². The van der Waals surface area contributed by atoms with Gasteiger partial charge in [0, 0.05) is 10.9 Å². The lowest BCUT2D eigenvalue weighted by molar-refractivity contribution is -0.137. The highest BCUT2D eigenvalue weighted by molar-refractivity contribution is 7.13. The first-order valence-corrected chi connectivity index (χ1v) is 5.30. The highest BCUT2D eigenvalue weighted by atomic mass is 32.1. The van der Waals surface area contributed by atoms with Crippen molar-refractivity contribution in [1.29, 1.82) is 0 Å². The molecule has 2 rings (SSSR count). The minimum atomic E-state index is -4.32. The number of alkyl halides is 3. The summed E-state index contributed by atoms with van der Waals surface area (Å²) in [5, 5.41) is 2.26. The predicted octanol–water partition coefficient (Wildman–Crippen LogP) is 4.01. The zero-order chi connectivity index (χ0) is 11.8. The minimum absolute atomic E-state index is 0.467. The fraction of sp³-hybridized carbons (Fsp3) is 0.0909. The van der Waals surface area contributed by atoms with Crippen LogP contribution < -0.4 is 0 Å². The summed E-state index contributed by atoms with van der Waals surface area (Å²) in [6.07, 6.45) is -4.32. The highest BCUT2D eigenvalue weighted by Crippen LogP contribution is 2.32. The third kappa shape index (κ3) is 2.24. The number of halogens is 3. The van der Waals surface area contributed by atoms with Crippen LogP contribution in [0.3, 0.4) is 0 Å². The molecule has 0 unspecified atom stereocenters. The van der Waals surface area contributed by atoms with Crippen molar-refractivity contribution in [2.75, 3.05) is 0 Å². The molecular formula is C11H7F3NS. The maximum absolute atomic E-state index is 12.5. The van der Waals surface area contributed by atoms with Gasteiger partial charge in [-0.2, -0.15) is 13.2 Å². The van der Waals surface area contributed by atoms with E-state index >= 15 is 0 Å². The fourth-order valence-corrected chi connectivity index (χ4v) is 2.00. The van der Waals surface area contributed by atoms with Crippen molar-refractivity contribution in [2.45, 2.75) is 6.18 Å². The van der Waals surface area contributed by atoms with Gasteiger partial charge in [0.05, 0.1) is 11.3 Å². The van der Waals surface area contributed by atoms with Crippen molar-refractivity contribution in [3.8, 4) is 10.6 Å². The van der Waals surface area contributed by atoms with Crippen LogP contribution in [0.5, 0.6) is 0 Å². The normalized spacial score (nSPS) is 11.8. The van der Waals surface area contributed by atoms with Gasteiger partial charge in [-0.1, -0.05) is 12.1 Å². The lowest BCUT2D eigenvalue weighted by Gasteiger charge is -2.07. The van der Waals surface area contributed by atoms with Gasteiger partial charge in [-0.15, -0.1) is 11.3 Å². The second kappa shape index (κ2) is 3.90. The van der Waals surface area contributed by atoms with Gasteiger partial charge in [0.1, 0.15) is 5.01 Å². The van der Waals surface area contributed by atoms with E-state index in [1.165, 1.54) is 17.4 Å². The molecule has 0 amide bonds. The van der Waals surface area contributed by atoms with E-state index < -0.39 is 11.7 Å². The summed E-state index contributed by atoms with van der Waals surface area (Å²) in [5.41, 5.74) is 0.373. The molecule has 2 aromatic rings. The Kier molecular flexibility index (Phi) is 2.71. The van der Waals surface area contributed by atoms with E-state index in [2.05, 4.69) is 11.9 Å². The molecular weight excluding hydrogens is 235 g/mol. The van der Waals surface area contributed by atoms with Gasteiger partial charge >= 0.3 is 6.18 Å². The molecule has 0 aliphatic heterocycles. The Morgan fingerprint density at radius 2 is 2.00 bits per heavy atom. The van der Waals surface area contributed by atoms with Crippen LogP contribution in [0.2, 0.25) is 0 Å². The van der Waals surface area contributed by atoms with Gasteiger partial charge in [-0.25, -0.2) is 4.98 Å². The van der Waals surface area contributed by atoms with Gasteiger partial charge in [0.2, 0.25) is 0 Å². The van der Waals surface area contributed by atoms with Crippen LogP contribution in [0, 0.1) is 6.92 Å². The molecule has 1 aromatic heterocycles. The van der Waals surface area contributed by atoms with Crippen molar-refractivity contribution in [1.82, 2.24) is 4.98 Å². The number of nitrogens with zero attached hydrogens (tertiary/aromatic N) is 1. The molecule has 0 fully saturated rings. The van der Waals surface area contributed by atoms with Crippen molar-refractivity contribution < 1.29 is 13.2 Å². The molecule has 0 aliphatic rings. The van der Waals surface area contributed by atoms with E-state index in [4.69, 9.17) is 0 Å². The van der Waals surface area contributed by atoms with Crippen molar-refractivity contribution in [3.05, 3.63) is 47.8 Å². The van der Waals surface area contributed by atoms with Crippen LogP contribution in [-0.4, -0.2) is 4.98 Å². The van der Waals surface area contributed by atoms with E-state index in [0.29, 0.717) is 16.3 Å². The first-order valence-electron chi connectivity index (χ1n) is 4.42. The Morgan fingerprint density at radius 3 is 2.56 bits per heavy atom. The number of aromatic nitrogens is 1. The van der Waals surface area contributed by atoms with Gasteiger partial charge in [0.15, 0.2) is 0 Å². The molecule has 1 radical (unpaired) electrons. The Bertz CT molecular complexity index is 502. The standard InChI is InChI=1S/C11H7F3NS/c1-7-6-16-10(15-7)8-3-2-4-9(5-8)11(12,13)14/h2-6H,1H2. The maximum atomic E-state index is 12.5. The van der Waals surface area contributed by atoms with Gasteiger partial charge < -0.3 is 0 Å². The minimum Gasteiger partial charge on any atom is -0.241 e. The molecule has 1 aromatic carbocycles. The average molecular weight is 242 g/mol. The smallest absolute Gasteiger partial charge is 0.241 e. The summed E-state index contributed by atoms with van der Waals surface area (Å²) in [4.78, 5) is 4.04. The van der Waals surface area contributed by atoms with Crippen LogP contribution in [0.1, 0.15) is 11.3 Å². The summed E-state index contributed by atoms with van der Waals surface area (Å²) in [5.74, 6) is 0. The third-order valence-electron chi connectivity index (χ3n) is 1.99. The maximum Gasteiger partial charge on any atom is 0.416 e. The van der Waals surface area contributed by atoms with Gasteiger partial charge in [-0.05, 0) is 19.1 Å². The number of hydrogen-bond acceptors (Lipinski definition) is 2. The number of hydrogen-bond donors (Lipinski definition) is 0. The van der Waals surface area contributed by atoms with Crippen molar-refractivity contribution in [3.63, 3.8) is 0 Å². The Morgan fingerprint density at radius 1 is 1.25 bits per heavy atom. The van der Waals surface area contributed by atoms with Crippen LogP contribution in [-0.2, 0) is 6.18 Å². The Hall–Kier alpha value is -1.36. The van der Waals surface area contributed by atoms with Crippen LogP contribution in [0.15, 0.2) is 29.6 Å². The van der Waals surface area contributed by atoms with E-state index in [1.54, 1.807) is 11.4 Å². The molecule has 5 heteroatoms. The molecule has 0 atom stereocenters. The van der Waals surface area contributed by atoms with E-state index in [9.17, 15) is 13.2 Å². The number of rotatable bonds is 1. The lowest BCUT2D eigenvalue weighted by Crippen LogP contribution is -2.04. The van der Waals surface area contributed by atoms with E-state index in [0.717, 1.165) is 12.1 Å². The largest absolute Gasteiger partial charge is 0.416 e. The molecule has 0 saturated carbocycles. The number of thiazole rings is 1. The zero-order valence-corrected chi connectivity index (χ0v) is 8.90. The monoisotopic (exact) mass is 242 g/mol. The molecule has 0 bridgehead atoms. The van der Waals surface area contributed by atoms with E-state index in [1.807, 2.05) is 0 Å². The molecule has 1 nitrogen and oxygen atoms in total.